The molecule has 18 heavy (non-hydrogen) atoms. The second kappa shape index (κ2) is 5.12. The third-order valence-corrected chi connectivity index (χ3v) is 3.54. The number of rotatable bonds is 6. The molecule has 1 heterocycles. The molecule has 100 valence electrons. The van der Waals surface area contributed by atoms with Crippen molar-refractivity contribution in [2.24, 2.45) is 5.92 Å². The van der Waals surface area contributed by atoms with E-state index in [-0.39, 0.29) is 5.54 Å². The smallest absolute Gasteiger partial charge is 0.224 e. The molecule has 0 radical (unpaired) electrons. The minimum atomic E-state index is 0.126. The lowest BCUT2D eigenvalue weighted by atomic mass is 9.98. The van der Waals surface area contributed by atoms with Crippen molar-refractivity contribution in [1.82, 2.24) is 9.97 Å². The highest BCUT2D eigenvalue weighted by molar-refractivity contribution is 5.48. The van der Waals surface area contributed by atoms with E-state index in [0.717, 1.165) is 36.2 Å². The van der Waals surface area contributed by atoms with E-state index >= 15 is 0 Å². The molecule has 0 saturated heterocycles. The molecule has 0 unspecified atom stereocenters. The van der Waals surface area contributed by atoms with Gasteiger partial charge in [-0.05, 0) is 46.0 Å². The Morgan fingerprint density at radius 3 is 2.72 bits per heavy atom. The van der Waals surface area contributed by atoms with E-state index in [1.54, 1.807) is 0 Å². The van der Waals surface area contributed by atoms with Gasteiger partial charge in [0.25, 0.3) is 0 Å². The third-order valence-electron chi connectivity index (χ3n) is 3.54. The van der Waals surface area contributed by atoms with Gasteiger partial charge in [0.2, 0.25) is 5.95 Å². The average molecular weight is 248 g/mol. The monoisotopic (exact) mass is 248 g/mol. The SMILES string of the molecule is CCCNc1ncc(C)c(NC(C)(C)C2CC2)n1. The Balaban J connectivity index is 2.10. The number of aryl methyl sites for hydroxylation is 1. The lowest BCUT2D eigenvalue weighted by Crippen LogP contribution is -2.34. The molecule has 1 aromatic rings. The van der Waals surface area contributed by atoms with Crippen molar-refractivity contribution in [3.8, 4) is 0 Å². The van der Waals surface area contributed by atoms with Crippen LogP contribution >= 0.6 is 0 Å². The molecule has 2 N–H and O–H groups in total. The first-order chi connectivity index (χ1) is 8.53. The van der Waals surface area contributed by atoms with E-state index in [0.29, 0.717) is 0 Å². The first kappa shape index (κ1) is 13.1. The molecule has 2 rings (SSSR count). The molecule has 0 amide bonds. The summed E-state index contributed by atoms with van der Waals surface area (Å²) in [6, 6.07) is 0. The fourth-order valence-corrected chi connectivity index (χ4v) is 2.10. The molecule has 4 heteroatoms. The number of anilines is 2. The van der Waals surface area contributed by atoms with Crippen LogP contribution < -0.4 is 10.6 Å². The lowest BCUT2D eigenvalue weighted by molar-refractivity contribution is 0.492. The molecule has 0 spiro atoms. The van der Waals surface area contributed by atoms with E-state index in [2.05, 4.69) is 48.3 Å². The first-order valence-corrected chi connectivity index (χ1v) is 6.88. The Morgan fingerprint density at radius 2 is 2.11 bits per heavy atom. The van der Waals surface area contributed by atoms with Crippen molar-refractivity contribution in [2.45, 2.75) is 52.5 Å². The quantitative estimate of drug-likeness (QED) is 0.811. The van der Waals surface area contributed by atoms with Crippen LogP contribution in [-0.2, 0) is 0 Å². The van der Waals surface area contributed by atoms with Crippen LogP contribution in [-0.4, -0.2) is 22.1 Å². The summed E-state index contributed by atoms with van der Waals surface area (Å²) in [5.74, 6) is 2.45. The topological polar surface area (TPSA) is 49.8 Å². The van der Waals surface area contributed by atoms with Crippen molar-refractivity contribution in [3.05, 3.63) is 11.8 Å². The minimum absolute atomic E-state index is 0.126. The zero-order valence-electron chi connectivity index (χ0n) is 11.9. The Bertz CT molecular complexity index is 410. The second-order valence-electron chi connectivity index (χ2n) is 5.77. The number of nitrogens with zero attached hydrogens (tertiary/aromatic N) is 2. The summed E-state index contributed by atoms with van der Waals surface area (Å²) in [6.07, 6.45) is 5.61. The fourth-order valence-electron chi connectivity index (χ4n) is 2.10. The zero-order valence-corrected chi connectivity index (χ0v) is 11.9. The number of nitrogens with one attached hydrogen (secondary N) is 2. The molecule has 0 atom stereocenters. The summed E-state index contributed by atoms with van der Waals surface area (Å²) in [6.45, 7) is 9.61. The van der Waals surface area contributed by atoms with Crippen LogP contribution in [0.25, 0.3) is 0 Å². The van der Waals surface area contributed by atoms with Crippen LogP contribution in [0.2, 0.25) is 0 Å². The third kappa shape index (κ3) is 3.12. The van der Waals surface area contributed by atoms with Gasteiger partial charge in [-0.3, -0.25) is 0 Å². The summed E-state index contributed by atoms with van der Waals surface area (Å²) in [4.78, 5) is 8.88. The van der Waals surface area contributed by atoms with Crippen molar-refractivity contribution in [2.75, 3.05) is 17.2 Å². The highest BCUT2D eigenvalue weighted by atomic mass is 15.2. The standard InChI is InChI=1S/C14H24N4/c1-5-8-15-13-16-9-10(2)12(17-13)18-14(3,4)11-6-7-11/h9,11H,5-8H2,1-4H3,(H2,15,16,17,18). The van der Waals surface area contributed by atoms with Gasteiger partial charge in [0.15, 0.2) is 0 Å². The molecular weight excluding hydrogens is 224 g/mol. The van der Waals surface area contributed by atoms with Crippen molar-refractivity contribution in [3.63, 3.8) is 0 Å². The largest absolute Gasteiger partial charge is 0.365 e. The molecule has 1 saturated carbocycles. The van der Waals surface area contributed by atoms with Gasteiger partial charge in [-0.1, -0.05) is 6.92 Å². The summed E-state index contributed by atoms with van der Waals surface area (Å²) < 4.78 is 0. The van der Waals surface area contributed by atoms with Crippen molar-refractivity contribution < 1.29 is 0 Å². The van der Waals surface area contributed by atoms with Crippen LogP contribution in [0.4, 0.5) is 11.8 Å². The van der Waals surface area contributed by atoms with Crippen molar-refractivity contribution in [1.29, 1.82) is 0 Å². The van der Waals surface area contributed by atoms with Crippen molar-refractivity contribution >= 4 is 11.8 Å². The Hall–Kier alpha value is -1.32. The van der Waals surface area contributed by atoms with Crippen LogP contribution in [0, 0.1) is 12.8 Å². The zero-order chi connectivity index (χ0) is 13.2. The van der Waals surface area contributed by atoms with E-state index in [1.807, 2.05) is 6.20 Å². The van der Waals surface area contributed by atoms with E-state index < -0.39 is 0 Å². The van der Waals surface area contributed by atoms with Crippen LogP contribution in [0.15, 0.2) is 6.20 Å². The van der Waals surface area contributed by atoms with Crippen LogP contribution in [0.3, 0.4) is 0 Å². The van der Waals surface area contributed by atoms with E-state index in [1.165, 1.54) is 12.8 Å². The molecule has 4 nitrogen and oxygen atoms in total. The van der Waals surface area contributed by atoms with Crippen LogP contribution in [0.5, 0.6) is 0 Å². The molecule has 1 fully saturated rings. The summed E-state index contributed by atoms with van der Waals surface area (Å²) in [7, 11) is 0. The van der Waals surface area contributed by atoms with E-state index in [9.17, 15) is 0 Å². The van der Waals surface area contributed by atoms with Gasteiger partial charge in [-0.15, -0.1) is 0 Å². The van der Waals surface area contributed by atoms with Crippen LogP contribution in [0.1, 0.15) is 45.6 Å². The fraction of sp³-hybridized carbons (Fsp3) is 0.714. The van der Waals surface area contributed by atoms with Gasteiger partial charge < -0.3 is 10.6 Å². The second-order valence-corrected chi connectivity index (χ2v) is 5.77. The molecule has 1 aliphatic rings. The maximum absolute atomic E-state index is 4.57. The van der Waals surface area contributed by atoms with Gasteiger partial charge in [0, 0.05) is 23.8 Å². The highest BCUT2D eigenvalue weighted by Crippen LogP contribution is 2.41. The highest BCUT2D eigenvalue weighted by Gasteiger charge is 2.38. The first-order valence-electron chi connectivity index (χ1n) is 6.88. The van der Waals surface area contributed by atoms with Gasteiger partial charge in [0.1, 0.15) is 5.82 Å². The average Bonchev–Trinajstić information content (AvgIpc) is 3.14. The normalized spacial score (nSPS) is 15.6. The van der Waals surface area contributed by atoms with Gasteiger partial charge in [-0.25, -0.2) is 4.98 Å². The minimum Gasteiger partial charge on any atom is -0.365 e. The van der Waals surface area contributed by atoms with Gasteiger partial charge in [-0.2, -0.15) is 4.98 Å². The van der Waals surface area contributed by atoms with E-state index in [4.69, 9.17) is 0 Å². The predicted octanol–water partition coefficient (Wildman–Crippen LogP) is 3.21. The molecule has 1 aliphatic carbocycles. The maximum Gasteiger partial charge on any atom is 0.224 e. The number of aromatic nitrogens is 2. The lowest BCUT2D eigenvalue weighted by Gasteiger charge is -2.27. The maximum atomic E-state index is 4.57. The number of hydrogen-bond acceptors (Lipinski definition) is 4. The summed E-state index contributed by atoms with van der Waals surface area (Å²) >= 11 is 0. The summed E-state index contributed by atoms with van der Waals surface area (Å²) in [5.41, 5.74) is 1.23. The molecule has 0 aliphatic heterocycles. The molecule has 0 bridgehead atoms. The Morgan fingerprint density at radius 1 is 1.39 bits per heavy atom. The summed E-state index contributed by atoms with van der Waals surface area (Å²) in [5, 5.41) is 6.80. The van der Waals surface area contributed by atoms with Gasteiger partial charge >= 0.3 is 0 Å². The predicted molar refractivity (Wildman–Crippen MR) is 76.0 cm³/mol. The molecular formula is C14H24N4. The Labute approximate surface area is 110 Å². The Kier molecular flexibility index (Phi) is 3.73. The van der Waals surface area contributed by atoms with Gasteiger partial charge in [0.05, 0.1) is 0 Å². The molecule has 1 aromatic heterocycles. The molecule has 0 aromatic carbocycles. The number of hydrogen-bond donors (Lipinski definition) is 2.